The fourth-order valence-corrected chi connectivity index (χ4v) is 12.1. The Bertz CT molecular complexity index is 3450. The largest absolute Gasteiger partial charge is 0.0767 e. The van der Waals surface area contributed by atoms with Gasteiger partial charge in [0.1, 0.15) is 0 Å². The van der Waals surface area contributed by atoms with Crippen LogP contribution in [0.3, 0.4) is 0 Å². The van der Waals surface area contributed by atoms with Crippen LogP contribution in [0.15, 0.2) is 134 Å². The van der Waals surface area contributed by atoms with Crippen molar-refractivity contribution in [2.24, 2.45) is 11.8 Å². The lowest BCUT2D eigenvalue weighted by Crippen LogP contribution is -2.13. The number of fused-ring (bicyclic) bond motifs is 11. The molecular formula is C62H54. The molecule has 0 saturated heterocycles. The maximum atomic E-state index is 2.59. The maximum absolute atomic E-state index is 2.59. The van der Waals surface area contributed by atoms with Crippen molar-refractivity contribution in [3.63, 3.8) is 0 Å². The minimum Gasteiger partial charge on any atom is -0.0767 e. The Labute approximate surface area is 367 Å². The fourth-order valence-electron chi connectivity index (χ4n) is 12.1. The Kier molecular flexibility index (Phi) is 7.67. The van der Waals surface area contributed by atoms with E-state index in [2.05, 4.69) is 203 Å². The van der Waals surface area contributed by atoms with Crippen LogP contribution in [0.5, 0.6) is 0 Å². The summed E-state index contributed by atoms with van der Waals surface area (Å²) >= 11 is 0. The Hall–Kier alpha value is -6.24. The molecule has 0 amide bonds. The molecule has 62 heavy (non-hydrogen) atoms. The van der Waals surface area contributed by atoms with Gasteiger partial charge in [0.05, 0.1) is 0 Å². The maximum Gasteiger partial charge on any atom is 0.0199 e. The van der Waals surface area contributed by atoms with Crippen molar-refractivity contribution in [3.8, 4) is 44.5 Å². The van der Waals surface area contributed by atoms with Gasteiger partial charge in [-0.3, -0.25) is 0 Å². The van der Waals surface area contributed by atoms with E-state index in [1.165, 1.54) is 143 Å². The summed E-state index contributed by atoms with van der Waals surface area (Å²) in [5.74, 6) is 0.764. The molecule has 0 aliphatic heterocycles. The summed E-state index contributed by atoms with van der Waals surface area (Å²) in [4.78, 5) is 0. The van der Waals surface area contributed by atoms with E-state index in [4.69, 9.17) is 0 Å². The van der Waals surface area contributed by atoms with E-state index in [0.29, 0.717) is 11.8 Å². The van der Waals surface area contributed by atoms with E-state index in [-0.39, 0.29) is 10.8 Å². The molecule has 2 atom stereocenters. The molecule has 0 N–H and O–H groups in total. The molecule has 4 aliphatic carbocycles. The molecule has 0 radical (unpaired) electrons. The van der Waals surface area contributed by atoms with Crippen LogP contribution in [0.25, 0.3) is 98.7 Å². The molecule has 1 unspecified atom stereocenters. The Morgan fingerprint density at radius 2 is 0.758 bits per heavy atom. The molecule has 0 fully saturated rings. The summed E-state index contributed by atoms with van der Waals surface area (Å²) < 4.78 is 0. The van der Waals surface area contributed by atoms with E-state index < -0.39 is 0 Å². The van der Waals surface area contributed by atoms with E-state index in [0.717, 1.165) is 0 Å². The van der Waals surface area contributed by atoms with Gasteiger partial charge in [0.2, 0.25) is 0 Å². The van der Waals surface area contributed by atoms with E-state index >= 15 is 0 Å². The van der Waals surface area contributed by atoms with Crippen LogP contribution in [0.2, 0.25) is 0 Å². The predicted molar refractivity (Wildman–Crippen MR) is 269 cm³/mol. The van der Waals surface area contributed by atoms with Gasteiger partial charge in [-0.05, 0) is 218 Å². The molecule has 0 aromatic heterocycles. The number of rotatable bonds is 2. The highest BCUT2D eigenvalue weighted by Gasteiger charge is 2.38. The molecule has 0 bridgehead atoms. The minimum absolute atomic E-state index is 0.0588. The number of aryl methyl sites for hydroxylation is 4. The van der Waals surface area contributed by atoms with Crippen molar-refractivity contribution in [3.05, 3.63) is 178 Å². The molecular weight excluding hydrogens is 745 g/mol. The molecule has 0 heteroatoms. The first-order valence-corrected chi connectivity index (χ1v) is 22.7. The Balaban J connectivity index is 1.27. The van der Waals surface area contributed by atoms with Crippen LogP contribution in [0.4, 0.5) is 0 Å². The second-order valence-corrected chi connectivity index (χ2v) is 21.1. The second kappa shape index (κ2) is 12.7. The van der Waals surface area contributed by atoms with Crippen LogP contribution in [-0.4, -0.2) is 0 Å². The monoisotopic (exact) mass is 798 g/mol. The molecule has 0 nitrogen and oxygen atoms in total. The Morgan fingerprint density at radius 3 is 1.19 bits per heavy atom. The SMILES string of the molecule is Cc1cc(C(C)(C)C)cc(C)c1-c1cc2c3cc4c(cc3c(-c3c(C)cc(C(C)(C)C)cc3C)cc2c2cc3c(cc12)C1=CC=CC2C=CC=C3[C@@H]12)-c1cccc2cccc-4c12. The summed E-state index contributed by atoms with van der Waals surface area (Å²) in [6.07, 6.45) is 14.1. The lowest BCUT2D eigenvalue weighted by molar-refractivity contribution is 0.589. The highest BCUT2D eigenvalue weighted by atomic mass is 14.4. The number of benzene rings is 8. The van der Waals surface area contributed by atoms with Gasteiger partial charge in [-0.15, -0.1) is 0 Å². The van der Waals surface area contributed by atoms with Crippen LogP contribution in [-0.2, 0) is 10.8 Å². The minimum atomic E-state index is 0.0588. The zero-order valence-electron chi connectivity index (χ0n) is 37.9. The second-order valence-electron chi connectivity index (χ2n) is 21.1. The fraction of sp³-hybridized carbons (Fsp3) is 0.226. The lowest BCUT2D eigenvalue weighted by Gasteiger charge is -2.25. The summed E-state index contributed by atoms with van der Waals surface area (Å²) in [5, 5.41) is 10.7. The normalized spacial score (nSPS) is 17.3. The topological polar surface area (TPSA) is 0 Å². The van der Waals surface area contributed by atoms with Crippen molar-refractivity contribution in [1.82, 2.24) is 0 Å². The van der Waals surface area contributed by atoms with Crippen LogP contribution >= 0.6 is 0 Å². The van der Waals surface area contributed by atoms with Gasteiger partial charge in [0.25, 0.3) is 0 Å². The number of allylic oxidation sites excluding steroid dienone is 8. The van der Waals surface area contributed by atoms with Crippen molar-refractivity contribution in [2.45, 2.75) is 80.1 Å². The van der Waals surface area contributed by atoms with Crippen molar-refractivity contribution < 1.29 is 0 Å². The van der Waals surface area contributed by atoms with Gasteiger partial charge in [0, 0.05) is 11.8 Å². The smallest absolute Gasteiger partial charge is 0.0199 e. The van der Waals surface area contributed by atoms with Crippen LogP contribution in [0, 0.1) is 39.5 Å². The zero-order valence-corrected chi connectivity index (χ0v) is 37.9. The van der Waals surface area contributed by atoms with Gasteiger partial charge in [-0.1, -0.05) is 139 Å². The molecule has 302 valence electrons. The average molecular weight is 799 g/mol. The molecule has 12 rings (SSSR count). The highest BCUT2D eigenvalue weighted by molar-refractivity contribution is 6.28. The lowest BCUT2D eigenvalue weighted by atomic mass is 9.78. The quantitative estimate of drug-likeness (QED) is 0.153. The third-order valence-corrected chi connectivity index (χ3v) is 15.1. The third kappa shape index (κ3) is 5.19. The molecule has 4 aliphatic rings. The van der Waals surface area contributed by atoms with Gasteiger partial charge in [-0.25, -0.2) is 0 Å². The van der Waals surface area contributed by atoms with Crippen LogP contribution in [0.1, 0.15) is 86.1 Å². The number of hydrogen-bond acceptors (Lipinski definition) is 0. The van der Waals surface area contributed by atoms with E-state index in [1.54, 1.807) is 0 Å². The van der Waals surface area contributed by atoms with Gasteiger partial charge in [0.15, 0.2) is 0 Å². The van der Waals surface area contributed by atoms with Crippen molar-refractivity contribution in [1.29, 1.82) is 0 Å². The van der Waals surface area contributed by atoms with E-state index in [1.807, 2.05) is 0 Å². The molecule has 8 aromatic rings. The summed E-state index contributed by atoms with van der Waals surface area (Å²) in [7, 11) is 0. The first-order valence-electron chi connectivity index (χ1n) is 22.7. The van der Waals surface area contributed by atoms with Gasteiger partial charge >= 0.3 is 0 Å². The summed E-state index contributed by atoms with van der Waals surface area (Å²) in [5.41, 5.74) is 24.7. The summed E-state index contributed by atoms with van der Waals surface area (Å²) in [6, 6.07) is 38.9. The first kappa shape index (κ1) is 37.5. The first-order chi connectivity index (χ1) is 29.7. The zero-order chi connectivity index (χ0) is 42.7. The molecule has 8 aromatic carbocycles. The molecule has 0 spiro atoms. The Morgan fingerprint density at radius 1 is 0.387 bits per heavy atom. The van der Waals surface area contributed by atoms with Crippen LogP contribution < -0.4 is 0 Å². The molecule has 0 heterocycles. The van der Waals surface area contributed by atoms with Gasteiger partial charge < -0.3 is 0 Å². The van der Waals surface area contributed by atoms with E-state index in [9.17, 15) is 0 Å². The third-order valence-electron chi connectivity index (χ3n) is 15.1. The average Bonchev–Trinajstić information content (AvgIpc) is 3.72. The van der Waals surface area contributed by atoms with Gasteiger partial charge in [-0.2, -0.15) is 0 Å². The standard InChI is InChI=1S/C62H54/c1-33-23-39(61(5,6)7)24-34(2)57(33)55-31-51-50-28-46-42-20-12-16-38-18-14-22-44(60(38)42)48(46)30-54(50)56(58-35(3)25-40(26-36(58)4)62(8,9)10)32-52(51)49-27-45-41-19-11-15-37-17-13-21-43(59(37)41)47(45)29-53(49)55/h11-32,37,59H,1-10H3/t37?,59-/m0/s1. The molecule has 0 saturated carbocycles. The predicted octanol–water partition coefficient (Wildman–Crippen LogP) is 17.3. The summed E-state index contributed by atoms with van der Waals surface area (Å²) in [6.45, 7) is 23.3. The highest BCUT2D eigenvalue weighted by Crippen LogP contribution is 2.56. The van der Waals surface area contributed by atoms with Crippen molar-refractivity contribution >= 4 is 54.2 Å². The number of hydrogen-bond donors (Lipinski definition) is 0. The van der Waals surface area contributed by atoms with Crippen molar-refractivity contribution in [2.75, 3.05) is 0 Å².